The van der Waals surface area contributed by atoms with Crippen molar-refractivity contribution in [3.05, 3.63) is 95.3 Å². The molecule has 1 atom stereocenters. The molecule has 0 fully saturated rings. The van der Waals surface area contributed by atoms with Gasteiger partial charge in [-0.2, -0.15) is 0 Å². The average Bonchev–Trinajstić information content (AvgIpc) is 2.89. The minimum Gasteiger partial charge on any atom is -0.355 e. The van der Waals surface area contributed by atoms with E-state index in [-0.39, 0.29) is 23.0 Å². The molecular weight excluding hydrogens is 505 g/mol. The number of likely N-dealkylation sites (N-methyl/N-ethyl adjacent to an activating group) is 1. The Kier molecular flexibility index (Phi) is 9.63. The highest BCUT2D eigenvalue weighted by atomic mass is 32.2. The van der Waals surface area contributed by atoms with Crippen LogP contribution in [0.1, 0.15) is 37.0 Å². The van der Waals surface area contributed by atoms with Crippen molar-refractivity contribution in [1.29, 1.82) is 0 Å². The molecule has 9 heteroatoms. The van der Waals surface area contributed by atoms with Crippen molar-refractivity contribution in [2.24, 2.45) is 0 Å². The summed E-state index contributed by atoms with van der Waals surface area (Å²) < 4.78 is 43.2. The molecule has 0 aliphatic heterocycles. The van der Waals surface area contributed by atoms with E-state index in [2.05, 4.69) is 5.32 Å². The van der Waals surface area contributed by atoms with E-state index in [1.165, 1.54) is 35.2 Å². The number of carbonyl (C=O) groups is 2. The van der Waals surface area contributed by atoms with Crippen LogP contribution >= 0.6 is 0 Å². The van der Waals surface area contributed by atoms with Crippen LogP contribution in [0.4, 0.5) is 10.1 Å². The lowest BCUT2D eigenvalue weighted by atomic mass is 10.1. The number of para-hydroxylation sites is 1. The monoisotopic (exact) mass is 539 g/mol. The van der Waals surface area contributed by atoms with E-state index < -0.39 is 34.3 Å². The van der Waals surface area contributed by atoms with Gasteiger partial charge in [0, 0.05) is 13.1 Å². The van der Waals surface area contributed by atoms with Crippen LogP contribution in [0, 0.1) is 19.7 Å². The second-order valence-electron chi connectivity index (χ2n) is 9.10. The number of aryl methyl sites for hydroxylation is 2. The fraction of sp³-hybridized carbons (Fsp3) is 0.310. The number of benzene rings is 3. The molecule has 3 aromatic carbocycles. The molecule has 1 N–H and O–H groups in total. The molecule has 3 aromatic rings. The number of sulfonamides is 1. The highest BCUT2D eigenvalue weighted by Gasteiger charge is 2.34. The van der Waals surface area contributed by atoms with E-state index in [0.717, 1.165) is 27.1 Å². The van der Waals surface area contributed by atoms with Gasteiger partial charge in [-0.15, -0.1) is 0 Å². The first-order valence-electron chi connectivity index (χ1n) is 12.5. The van der Waals surface area contributed by atoms with Gasteiger partial charge in [0.25, 0.3) is 10.0 Å². The minimum absolute atomic E-state index is 0.0694. The van der Waals surface area contributed by atoms with E-state index in [9.17, 15) is 22.4 Å². The molecule has 0 heterocycles. The Balaban J connectivity index is 2.06. The van der Waals surface area contributed by atoms with Gasteiger partial charge in [0.15, 0.2) is 0 Å². The summed E-state index contributed by atoms with van der Waals surface area (Å²) in [6.45, 7) is 7.12. The second-order valence-corrected chi connectivity index (χ2v) is 11.0. The lowest BCUT2D eigenvalue weighted by Gasteiger charge is -2.33. The van der Waals surface area contributed by atoms with Crippen LogP contribution in [0.25, 0.3) is 0 Å². The maximum atomic E-state index is 14.9. The number of nitrogens with zero attached hydrogens (tertiary/aromatic N) is 2. The molecule has 7 nitrogen and oxygen atoms in total. The number of carbonyl (C=O) groups excluding carboxylic acids is 2. The summed E-state index contributed by atoms with van der Waals surface area (Å²) in [5.41, 5.74) is 2.43. The van der Waals surface area contributed by atoms with Gasteiger partial charge in [-0.3, -0.25) is 13.9 Å². The SMILES string of the molecule is CCNC(=O)[C@@H](CC)N(Cc1ccc(C)cc1)C(=O)CN(c1ccccc1F)S(=O)(=O)c1ccc(C)cc1. The van der Waals surface area contributed by atoms with Gasteiger partial charge >= 0.3 is 0 Å². The van der Waals surface area contributed by atoms with Gasteiger partial charge in [0.2, 0.25) is 11.8 Å². The number of amides is 2. The van der Waals surface area contributed by atoms with Crippen molar-refractivity contribution < 1.29 is 22.4 Å². The fourth-order valence-corrected chi connectivity index (χ4v) is 5.53. The fourth-order valence-electron chi connectivity index (χ4n) is 4.11. The first kappa shape index (κ1) is 28.8. The predicted molar refractivity (Wildman–Crippen MR) is 147 cm³/mol. The van der Waals surface area contributed by atoms with Crippen molar-refractivity contribution in [2.75, 3.05) is 17.4 Å². The molecular formula is C29H34FN3O4S. The van der Waals surface area contributed by atoms with Crippen LogP contribution in [0.3, 0.4) is 0 Å². The average molecular weight is 540 g/mol. The van der Waals surface area contributed by atoms with Crippen molar-refractivity contribution >= 4 is 27.5 Å². The molecule has 0 spiro atoms. The predicted octanol–water partition coefficient (Wildman–Crippen LogP) is 4.58. The van der Waals surface area contributed by atoms with Crippen LogP contribution in [0.5, 0.6) is 0 Å². The molecule has 0 aromatic heterocycles. The molecule has 0 radical (unpaired) electrons. The molecule has 202 valence electrons. The highest BCUT2D eigenvalue weighted by molar-refractivity contribution is 7.92. The Hall–Kier alpha value is -3.72. The van der Waals surface area contributed by atoms with Crippen LogP contribution in [0.15, 0.2) is 77.7 Å². The van der Waals surface area contributed by atoms with E-state index in [1.54, 1.807) is 26.0 Å². The van der Waals surface area contributed by atoms with Gasteiger partial charge in [-0.25, -0.2) is 12.8 Å². The van der Waals surface area contributed by atoms with Crippen molar-refractivity contribution in [2.45, 2.75) is 51.6 Å². The molecule has 0 saturated carbocycles. The summed E-state index contributed by atoms with van der Waals surface area (Å²) in [6.07, 6.45) is 0.313. The van der Waals surface area contributed by atoms with Crippen LogP contribution in [0.2, 0.25) is 0 Å². The summed E-state index contributed by atoms with van der Waals surface area (Å²) in [6, 6.07) is 18.2. The summed E-state index contributed by atoms with van der Waals surface area (Å²) in [4.78, 5) is 28.1. The summed E-state index contributed by atoms with van der Waals surface area (Å²) >= 11 is 0. The van der Waals surface area contributed by atoms with Gasteiger partial charge in [0.1, 0.15) is 18.4 Å². The van der Waals surface area contributed by atoms with E-state index in [1.807, 2.05) is 38.1 Å². The Morgan fingerprint density at radius 2 is 1.47 bits per heavy atom. The summed E-state index contributed by atoms with van der Waals surface area (Å²) in [5.74, 6) is -1.74. The third kappa shape index (κ3) is 6.77. The molecule has 0 bridgehead atoms. The number of hydrogen-bond acceptors (Lipinski definition) is 4. The number of halogens is 1. The van der Waals surface area contributed by atoms with E-state index >= 15 is 0 Å². The highest BCUT2D eigenvalue weighted by Crippen LogP contribution is 2.27. The van der Waals surface area contributed by atoms with Gasteiger partial charge in [-0.1, -0.05) is 66.6 Å². The maximum absolute atomic E-state index is 14.9. The topological polar surface area (TPSA) is 86.8 Å². The van der Waals surface area contributed by atoms with Gasteiger partial charge in [-0.05, 0) is 57.0 Å². The second kappa shape index (κ2) is 12.7. The third-order valence-corrected chi connectivity index (χ3v) is 7.99. The molecule has 0 aliphatic rings. The Labute approximate surface area is 224 Å². The Morgan fingerprint density at radius 3 is 2.03 bits per heavy atom. The lowest BCUT2D eigenvalue weighted by molar-refractivity contribution is -0.140. The quantitative estimate of drug-likeness (QED) is 0.387. The lowest BCUT2D eigenvalue weighted by Crippen LogP contribution is -2.52. The molecule has 2 amide bonds. The minimum atomic E-state index is -4.32. The standard InChI is InChI=1S/C29H34FN3O4S/c1-5-26(29(35)31-6-2)32(19-23-15-11-21(3)12-16-23)28(34)20-33(27-10-8-7-9-25(27)30)38(36,37)24-17-13-22(4)14-18-24/h7-18,26H,5-6,19-20H2,1-4H3,(H,31,35)/t26-/m1/s1. The van der Waals surface area contributed by atoms with Gasteiger partial charge in [0.05, 0.1) is 10.6 Å². The van der Waals surface area contributed by atoms with Crippen LogP contribution in [-0.2, 0) is 26.2 Å². The van der Waals surface area contributed by atoms with Crippen LogP contribution < -0.4 is 9.62 Å². The van der Waals surface area contributed by atoms with Crippen LogP contribution in [-0.4, -0.2) is 44.3 Å². The molecule has 0 unspecified atom stereocenters. The van der Waals surface area contributed by atoms with Crippen molar-refractivity contribution in [3.8, 4) is 0 Å². The zero-order chi connectivity index (χ0) is 27.9. The Morgan fingerprint density at radius 1 is 0.895 bits per heavy atom. The smallest absolute Gasteiger partial charge is 0.264 e. The molecule has 38 heavy (non-hydrogen) atoms. The number of anilines is 1. The largest absolute Gasteiger partial charge is 0.355 e. The Bertz CT molecular complexity index is 1360. The first-order chi connectivity index (χ1) is 18.1. The van der Waals surface area contributed by atoms with Crippen molar-refractivity contribution in [1.82, 2.24) is 10.2 Å². The van der Waals surface area contributed by atoms with Gasteiger partial charge < -0.3 is 10.2 Å². The van der Waals surface area contributed by atoms with Crippen molar-refractivity contribution in [3.63, 3.8) is 0 Å². The number of hydrogen-bond donors (Lipinski definition) is 1. The normalized spacial score (nSPS) is 12.0. The van der Waals surface area contributed by atoms with E-state index in [0.29, 0.717) is 13.0 Å². The molecule has 3 rings (SSSR count). The zero-order valence-electron chi connectivity index (χ0n) is 22.1. The molecule has 0 aliphatic carbocycles. The first-order valence-corrected chi connectivity index (χ1v) is 14.0. The van der Waals surface area contributed by atoms with E-state index in [4.69, 9.17) is 0 Å². The number of rotatable bonds is 11. The zero-order valence-corrected chi connectivity index (χ0v) is 23.0. The summed E-state index contributed by atoms with van der Waals surface area (Å²) in [5, 5.41) is 2.76. The number of nitrogens with one attached hydrogen (secondary N) is 1. The summed E-state index contributed by atoms with van der Waals surface area (Å²) in [7, 11) is -4.32. The molecule has 0 saturated heterocycles. The third-order valence-electron chi connectivity index (χ3n) is 6.22. The maximum Gasteiger partial charge on any atom is 0.264 e.